The van der Waals surface area contributed by atoms with Crippen LogP contribution < -0.4 is 37.7 Å². The Hall–Kier alpha value is -3.97. The second-order valence-electron chi connectivity index (χ2n) is 20.2. The van der Waals surface area contributed by atoms with Crippen LogP contribution in [0.2, 0.25) is 0 Å². The highest BCUT2D eigenvalue weighted by atomic mass is 15.2. The van der Waals surface area contributed by atoms with Crippen molar-refractivity contribution in [3.63, 3.8) is 0 Å². The van der Waals surface area contributed by atoms with Gasteiger partial charge in [0.05, 0.1) is 0 Å². The minimum Gasteiger partial charge on any atom is -0.312 e. The Morgan fingerprint density at radius 2 is 0.804 bits per heavy atom. The van der Waals surface area contributed by atoms with Gasteiger partial charge in [0.1, 0.15) is 0 Å². The van der Waals surface area contributed by atoms with Crippen molar-refractivity contribution in [2.45, 2.75) is 117 Å². The van der Waals surface area contributed by atoms with Crippen molar-refractivity contribution >= 4 is 63.3 Å². The van der Waals surface area contributed by atoms with E-state index in [-0.39, 0.29) is 40.5 Å². The van der Waals surface area contributed by atoms with Crippen molar-refractivity contribution in [3.05, 3.63) is 122 Å². The lowest BCUT2D eigenvalue weighted by molar-refractivity contribution is 0.522. The SMILES string of the molecule is Cc1ccc2c3c1C(C)(C)c1cccc4c1B3c1c3c5c(c(C(C)(C)C)c1C4(C)C)C(C)(C)c1cccc4c1B5c1c(ccc(C)c1C4(C)C)N23. The van der Waals surface area contributed by atoms with E-state index in [1.807, 2.05) is 0 Å². The summed E-state index contributed by atoms with van der Waals surface area (Å²) in [5.41, 5.74) is 30.0. The summed E-state index contributed by atoms with van der Waals surface area (Å²) in [6.45, 7) is 32.9. The molecule has 3 heteroatoms. The summed E-state index contributed by atoms with van der Waals surface area (Å²) in [5, 5.41) is 0. The van der Waals surface area contributed by atoms with Crippen molar-refractivity contribution in [2.24, 2.45) is 0 Å². The number of rotatable bonds is 0. The number of hydrogen-bond acceptors (Lipinski definition) is 1. The van der Waals surface area contributed by atoms with Gasteiger partial charge in [-0.3, -0.25) is 0 Å². The first-order valence-corrected chi connectivity index (χ1v) is 19.5. The fourth-order valence-corrected chi connectivity index (χ4v) is 13.4. The van der Waals surface area contributed by atoms with Gasteiger partial charge in [-0.15, -0.1) is 0 Å². The van der Waals surface area contributed by atoms with Gasteiger partial charge >= 0.3 is 0 Å². The predicted molar refractivity (Wildman–Crippen MR) is 220 cm³/mol. The van der Waals surface area contributed by atoms with Crippen molar-refractivity contribution < 1.29 is 0 Å². The Labute approximate surface area is 306 Å². The van der Waals surface area contributed by atoms with Gasteiger partial charge in [-0.05, 0) is 114 Å². The fraction of sp³-hybridized carbons (Fsp3) is 0.375. The van der Waals surface area contributed by atoms with Crippen LogP contribution in [0.25, 0.3) is 0 Å². The minimum absolute atomic E-state index is 0.0624. The molecule has 0 amide bonds. The molecule has 0 aromatic heterocycles. The number of nitrogens with zero attached hydrogens (tertiary/aromatic N) is 1. The summed E-state index contributed by atoms with van der Waals surface area (Å²) in [7, 11) is 0. The van der Waals surface area contributed by atoms with Gasteiger partial charge in [0, 0.05) is 38.7 Å². The Morgan fingerprint density at radius 3 is 1.16 bits per heavy atom. The highest BCUT2D eigenvalue weighted by Crippen LogP contribution is 2.56. The molecule has 11 rings (SSSR count). The molecule has 6 aliphatic rings. The van der Waals surface area contributed by atoms with Gasteiger partial charge in [0.25, 0.3) is 0 Å². The fourth-order valence-electron chi connectivity index (χ4n) is 13.4. The van der Waals surface area contributed by atoms with Crippen LogP contribution in [0.3, 0.4) is 0 Å². The smallest absolute Gasteiger partial charge is 0.248 e. The number of fused-ring (bicyclic) bond motifs is 2. The van der Waals surface area contributed by atoms with E-state index >= 15 is 0 Å². The molecule has 0 radical (unpaired) electrons. The van der Waals surface area contributed by atoms with Crippen molar-refractivity contribution in [3.8, 4) is 0 Å². The molecule has 5 aromatic rings. The van der Waals surface area contributed by atoms with Crippen molar-refractivity contribution in [2.75, 3.05) is 4.90 Å². The lowest BCUT2D eigenvalue weighted by atomic mass is 9.21. The summed E-state index contributed by atoms with van der Waals surface area (Å²) in [5.74, 6) is 0. The third-order valence-corrected chi connectivity index (χ3v) is 15.0. The topological polar surface area (TPSA) is 3.24 Å². The molecule has 0 N–H and O–H groups in total. The van der Waals surface area contributed by atoms with Crippen LogP contribution in [0.4, 0.5) is 17.1 Å². The summed E-state index contributed by atoms with van der Waals surface area (Å²) in [4.78, 5) is 2.81. The predicted octanol–water partition coefficient (Wildman–Crippen LogP) is 7.29. The molecule has 0 saturated carbocycles. The van der Waals surface area contributed by atoms with Gasteiger partial charge in [-0.2, -0.15) is 0 Å². The van der Waals surface area contributed by atoms with E-state index in [4.69, 9.17) is 0 Å². The molecule has 5 aromatic carbocycles. The van der Waals surface area contributed by atoms with Crippen LogP contribution in [-0.4, -0.2) is 13.4 Å². The quantitative estimate of drug-likeness (QED) is 0.155. The standard InChI is InChI=1S/C48H49B2N/c1-24-20-22-30-39-32(24)45(6,7)26-16-14-18-28-37(26)49(39)41-35(47(28,10)11)34(44(3,4)5)36-42-43(41)51(30)31-23-21-25(2)33-40(31)50(42)38-27(46(33,8)9)17-15-19-29(38)48(36,12)13/h14-23H,1-13H3. The van der Waals surface area contributed by atoms with Gasteiger partial charge in [-0.1, -0.05) is 136 Å². The Morgan fingerprint density at radius 1 is 0.451 bits per heavy atom. The van der Waals surface area contributed by atoms with Gasteiger partial charge in [0.15, 0.2) is 0 Å². The largest absolute Gasteiger partial charge is 0.312 e. The van der Waals surface area contributed by atoms with E-state index in [2.05, 4.69) is 156 Å². The van der Waals surface area contributed by atoms with Gasteiger partial charge in [0.2, 0.25) is 13.4 Å². The molecule has 252 valence electrons. The Kier molecular flexibility index (Phi) is 5.08. The molecule has 51 heavy (non-hydrogen) atoms. The normalized spacial score (nSPS) is 20.0. The number of benzene rings is 5. The zero-order valence-electron chi connectivity index (χ0n) is 32.9. The molecular formula is C48H49B2N. The minimum atomic E-state index is -0.169. The third kappa shape index (κ3) is 3.02. The summed E-state index contributed by atoms with van der Waals surface area (Å²) in [6.07, 6.45) is 0. The molecule has 0 unspecified atom stereocenters. The second-order valence-corrected chi connectivity index (χ2v) is 20.2. The molecule has 6 heterocycles. The highest BCUT2D eigenvalue weighted by molar-refractivity contribution is 7.04. The zero-order chi connectivity index (χ0) is 35.9. The van der Waals surface area contributed by atoms with Crippen LogP contribution in [0.15, 0.2) is 60.7 Å². The van der Waals surface area contributed by atoms with E-state index in [0.717, 1.165) is 0 Å². The number of hydrogen-bond donors (Lipinski definition) is 0. The van der Waals surface area contributed by atoms with Crippen molar-refractivity contribution in [1.29, 1.82) is 0 Å². The Balaban J connectivity index is 1.46. The Bertz CT molecular complexity index is 2390. The zero-order valence-corrected chi connectivity index (χ0v) is 32.9. The molecule has 0 aliphatic carbocycles. The average Bonchev–Trinajstić information content (AvgIpc) is 3.04. The molecule has 1 nitrogen and oxygen atoms in total. The van der Waals surface area contributed by atoms with Crippen LogP contribution in [0.5, 0.6) is 0 Å². The second kappa shape index (κ2) is 8.46. The summed E-state index contributed by atoms with van der Waals surface area (Å²) in [6, 6.07) is 24.5. The van der Waals surface area contributed by atoms with Crippen LogP contribution >= 0.6 is 0 Å². The first-order chi connectivity index (χ1) is 23.9. The molecule has 0 atom stereocenters. The van der Waals surface area contributed by atoms with E-state index in [9.17, 15) is 0 Å². The van der Waals surface area contributed by atoms with Gasteiger partial charge in [-0.25, -0.2) is 0 Å². The third-order valence-electron chi connectivity index (χ3n) is 15.0. The van der Waals surface area contributed by atoms with E-state index < -0.39 is 0 Å². The summed E-state index contributed by atoms with van der Waals surface area (Å²) >= 11 is 0. The maximum atomic E-state index is 2.81. The average molecular weight is 662 g/mol. The molecule has 0 spiro atoms. The molecular weight excluding hydrogens is 612 g/mol. The van der Waals surface area contributed by atoms with Crippen molar-refractivity contribution in [1.82, 2.24) is 0 Å². The van der Waals surface area contributed by atoms with Crippen LogP contribution in [0.1, 0.15) is 137 Å². The van der Waals surface area contributed by atoms with E-state index in [1.165, 1.54) is 61.6 Å². The molecule has 0 bridgehead atoms. The van der Waals surface area contributed by atoms with Crippen LogP contribution in [0, 0.1) is 13.8 Å². The molecule has 0 fully saturated rings. The highest BCUT2D eigenvalue weighted by Gasteiger charge is 2.61. The first kappa shape index (κ1) is 30.6. The maximum Gasteiger partial charge on any atom is 0.248 e. The number of anilines is 3. The monoisotopic (exact) mass is 661 g/mol. The first-order valence-electron chi connectivity index (χ1n) is 19.5. The van der Waals surface area contributed by atoms with Crippen LogP contribution in [-0.2, 0) is 27.1 Å². The van der Waals surface area contributed by atoms with E-state index in [1.54, 1.807) is 49.5 Å². The lowest BCUT2D eigenvalue weighted by Gasteiger charge is -2.59. The van der Waals surface area contributed by atoms with E-state index in [0.29, 0.717) is 0 Å². The maximum absolute atomic E-state index is 2.81. The number of aryl methyl sites for hydroxylation is 2. The summed E-state index contributed by atoms with van der Waals surface area (Å²) < 4.78 is 0. The molecule has 0 saturated heterocycles. The lowest BCUT2D eigenvalue weighted by Crippen LogP contribution is -2.76. The molecule has 6 aliphatic heterocycles. The van der Waals surface area contributed by atoms with Gasteiger partial charge < -0.3 is 4.90 Å².